The number of ether oxygens (including phenoxy) is 1. The van der Waals surface area contributed by atoms with E-state index in [0.29, 0.717) is 29.3 Å². The standard InChI is InChI=1S/C21H26N2O2.C2H6/c1-5-15(6-2)12-16-8-10-17(11-9-16)19-18(13-22)14-23(4)20(19)21(24)25-7-3;1-2/h8-11,14-15H,5-7,12H2,1-4H3;1-2H3. The lowest BCUT2D eigenvalue weighted by Crippen LogP contribution is -2.10. The van der Waals surface area contributed by atoms with Gasteiger partial charge < -0.3 is 9.30 Å². The molecule has 2 rings (SSSR count). The van der Waals surface area contributed by atoms with E-state index in [0.717, 1.165) is 12.0 Å². The summed E-state index contributed by atoms with van der Waals surface area (Å²) in [5.41, 5.74) is 3.71. The van der Waals surface area contributed by atoms with Gasteiger partial charge >= 0.3 is 5.97 Å². The van der Waals surface area contributed by atoms with Crippen LogP contribution >= 0.6 is 0 Å². The number of carbonyl (C=O) groups is 1. The van der Waals surface area contributed by atoms with E-state index < -0.39 is 5.97 Å². The molecule has 0 amide bonds. The molecule has 1 heterocycles. The smallest absolute Gasteiger partial charge is 0.355 e. The molecule has 0 atom stereocenters. The molecule has 27 heavy (non-hydrogen) atoms. The first-order valence-corrected chi connectivity index (χ1v) is 9.91. The number of benzene rings is 1. The second-order valence-corrected chi connectivity index (χ2v) is 6.29. The van der Waals surface area contributed by atoms with Crippen molar-refractivity contribution < 1.29 is 9.53 Å². The van der Waals surface area contributed by atoms with Gasteiger partial charge in [0.1, 0.15) is 11.8 Å². The van der Waals surface area contributed by atoms with Crippen LogP contribution < -0.4 is 0 Å². The first kappa shape index (κ1) is 22.5. The summed E-state index contributed by atoms with van der Waals surface area (Å²) in [6.45, 7) is 10.5. The van der Waals surface area contributed by atoms with Crippen LogP contribution in [-0.2, 0) is 18.2 Å². The van der Waals surface area contributed by atoms with Gasteiger partial charge in [0.2, 0.25) is 0 Å². The van der Waals surface area contributed by atoms with E-state index in [4.69, 9.17) is 4.74 Å². The average Bonchev–Trinajstić information content (AvgIpc) is 3.04. The number of nitrogens with zero attached hydrogens (tertiary/aromatic N) is 2. The van der Waals surface area contributed by atoms with E-state index in [1.54, 1.807) is 24.7 Å². The van der Waals surface area contributed by atoms with E-state index in [2.05, 4.69) is 32.0 Å². The zero-order valence-corrected chi connectivity index (χ0v) is 17.5. The predicted octanol–water partition coefficient (Wildman–Crippen LogP) is 5.75. The normalized spacial score (nSPS) is 10.1. The first-order chi connectivity index (χ1) is 13.0. The van der Waals surface area contributed by atoms with E-state index in [9.17, 15) is 10.1 Å². The van der Waals surface area contributed by atoms with Crippen LogP contribution in [0.3, 0.4) is 0 Å². The number of aryl methyl sites for hydroxylation is 1. The average molecular weight is 369 g/mol. The fourth-order valence-electron chi connectivity index (χ4n) is 3.17. The van der Waals surface area contributed by atoms with Crippen molar-refractivity contribution in [1.29, 1.82) is 5.26 Å². The van der Waals surface area contributed by atoms with E-state index in [1.165, 1.54) is 18.4 Å². The van der Waals surface area contributed by atoms with Crippen molar-refractivity contribution in [3.05, 3.63) is 47.3 Å². The van der Waals surface area contributed by atoms with Crippen molar-refractivity contribution in [2.45, 2.75) is 53.9 Å². The van der Waals surface area contributed by atoms with Crippen LogP contribution in [0.5, 0.6) is 0 Å². The Labute approximate surface area is 163 Å². The third-order valence-corrected chi connectivity index (χ3v) is 4.69. The largest absolute Gasteiger partial charge is 0.461 e. The SMILES string of the molecule is CC.CCOC(=O)c1c(-c2ccc(CC(CC)CC)cc2)c(C#N)cn1C. The molecule has 0 aliphatic carbocycles. The Kier molecular flexibility index (Phi) is 9.36. The number of nitriles is 1. The van der Waals surface area contributed by atoms with Crippen molar-refractivity contribution in [1.82, 2.24) is 4.57 Å². The van der Waals surface area contributed by atoms with Crippen LogP contribution in [0.2, 0.25) is 0 Å². The molecule has 1 aromatic heterocycles. The lowest BCUT2D eigenvalue weighted by Gasteiger charge is -2.13. The predicted molar refractivity (Wildman–Crippen MR) is 111 cm³/mol. The molecular formula is C23H32N2O2. The molecule has 0 radical (unpaired) electrons. The summed E-state index contributed by atoms with van der Waals surface area (Å²) in [6.07, 6.45) is 5.07. The quantitative estimate of drug-likeness (QED) is 0.585. The van der Waals surface area contributed by atoms with E-state index >= 15 is 0 Å². The lowest BCUT2D eigenvalue weighted by atomic mass is 9.93. The molecule has 0 spiro atoms. The van der Waals surface area contributed by atoms with Crippen molar-refractivity contribution in [2.24, 2.45) is 13.0 Å². The third-order valence-electron chi connectivity index (χ3n) is 4.69. The van der Waals surface area contributed by atoms with Crippen molar-refractivity contribution >= 4 is 5.97 Å². The molecule has 0 bridgehead atoms. The first-order valence-electron chi connectivity index (χ1n) is 9.91. The van der Waals surface area contributed by atoms with Gasteiger partial charge in [0.25, 0.3) is 0 Å². The summed E-state index contributed by atoms with van der Waals surface area (Å²) in [7, 11) is 1.76. The summed E-state index contributed by atoms with van der Waals surface area (Å²) in [6, 6.07) is 10.4. The Bertz CT molecular complexity index is 763. The Balaban J connectivity index is 0.00000176. The van der Waals surface area contributed by atoms with E-state index in [-0.39, 0.29) is 0 Å². The second kappa shape index (κ2) is 11.2. The van der Waals surface area contributed by atoms with Gasteiger partial charge in [-0.3, -0.25) is 0 Å². The van der Waals surface area contributed by atoms with Crippen LogP contribution in [0.15, 0.2) is 30.5 Å². The highest BCUT2D eigenvalue weighted by Gasteiger charge is 2.22. The van der Waals surface area contributed by atoms with Crippen LogP contribution in [-0.4, -0.2) is 17.1 Å². The Morgan fingerprint density at radius 1 is 1.15 bits per heavy atom. The molecule has 4 heteroatoms. The van der Waals surface area contributed by atoms with Crippen LogP contribution in [0, 0.1) is 17.2 Å². The highest BCUT2D eigenvalue weighted by molar-refractivity contribution is 5.97. The maximum absolute atomic E-state index is 12.3. The molecule has 146 valence electrons. The highest BCUT2D eigenvalue weighted by atomic mass is 16.5. The van der Waals surface area contributed by atoms with Gasteiger partial charge in [-0.15, -0.1) is 0 Å². The fraction of sp³-hybridized carbons (Fsp3) is 0.478. The van der Waals surface area contributed by atoms with Crippen LogP contribution in [0.1, 0.15) is 69.1 Å². The van der Waals surface area contributed by atoms with Crippen LogP contribution in [0.4, 0.5) is 0 Å². The minimum atomic E-state index is -0.400. The summed E-state index contributed by atoms with van der Waals surface area (Å²) in [5, 5.41) is 9.45. The molecule has 0 N–H and O–H groups in total. The van der Waals surface area contributed by atoms with Gasteiger partial charge in [0.15, 0.2) is 0 Å². The summed E-state index contributed by atoms with van der Waals surface area (Å²) < 4.78 is 6.84. The zero-order valence-electron chi connectivity index (χ0n) is 17.5. The molecule has 0 saturated heterocycles. The number of esters is 1. The lowest BCUT2D eigenvalue weighted by molar-refractivity contribution is 0.0516. The van der Waals surface area contributed by atoms with E-state index in [1.807, 2.05) is 26.0 Å². The fourth-order valence-corrected chi connectivity index (χ4v) is 3.17. The highest BCUT2D eigenvalue weighted by Crippen LogP contribution is 2.30. The molecule has 1 aromatic carbocycles. The van der Waals surface area contributed by atoms with Crippen LogP contribution in [0.25, 0.3) is 11.1 Å². The Morgan fingerprint density at radius 2 is 1.74 bits per heavy atom. The van der Waals surface area contributed by atoms with Crippen molar-refractivity contribution in [3.8, 4) is 17.2 Å². The maximum atomic E-state index is 12.3. The van der Waals surface area contributed by atoms with Gasteiger partial charge in [-0.25, -0.2) is 4.79 Å². The minimum absolute atomic E-state index is 0.305. The number of hydrogen-bond donors (Lipinski definition) is 0. The molecule has 0 fully saturated rings. The monoisotopic (exact) mass is 368 g/mol. The molecule has 4 nitrogen and oxygen atoms in total. The number of rotatable bonds is 7. The summed E-state index contributed by atoms with van der Waals surface area (Å²) in [4.78, 5) is 12.3. The van der Waals surface area contributed by atoms with Crippen molar-refractivity contribution in [3.63, 3.8) is 0 Å². The number of hydrogen-bond acceptors (Lipinski definition) is 3. The van der Waals surface area contributed by atoms with Gasteiger partial charge in [-0.2, -0.15) is 5.26 Å². The molecule has 0 aliphatic heterocycles. The van der Waals surface area contributed by atoms with Gasteiger partial charge in [0.05, 0.1) is 12.2 Å². The number of aromatic nitrogens is 1. The Hall–Kier alpha value is -2.54. The molecule has 2 aromatic rings. The topological polar surface area (TPSA) is 55.0 Å². The molecule has 0 unspecified atom stereocenters. The summed E-state index contributed by atoms with van der Waals surface area (Å²) in [5.74, 6) is 0.287. The third kappa shape index (κ3) is 5.47. The molecule has 0 aliphatic rings. The molecule has 0 saturated carbocycles. The second-order valence-electron chi connectivity index (χ2n) is 6.29. The van der Waals surface area contributed by atoms with Crippen molar-refractivity contribution in [2.75, 3.05) is 6.61 Å². The Morgan fingerprint density at radius 3 is 2.22 bits per heavy atom. The maximum Gasteiger partial charge on any atom is 0.355 e. The van der Waals surface area contributed by atoms with Gasteiger partial charge in [0, 0.05) is 18.8 Å². The molecular weight excluding hydrogens is 336 g/mol. The minimum Gasteiger partial charge on any atom is -0.461 e. The number of carbonyl (C=O) groups excluding carboxylic acids is 1. The van der Waals surface area contributed by atoms with Gasteiger partial charge in [-0.05, 0) is 30.4 Å². The van der Waals surface area contributed by atoms with Gasteiger partial charge in [-0.1, -0.05) is 64.8 Å². The zero-order chi connectivity index (χ0) is 20.4. The summed E-state index contributed by atoms with van der Waals surface area (Å²) >= 11 is 0.